The van der Waals surface area contributed by atoms with Crippen molar-refractivity contribution in [1.82, 2.24) is 9.55 Å². The topological polar surface area (TPSA) is 46.9 Å². The Bertz CT molecular complexity index is 1220. The van der Waals surface area contributed by atoms with Gasteiger partial charge in [-0.25, -0.2) is 4.98 Å². The van der Waals surface area contributed by atoms with Crippen LogP contribution in [0.3, 0.4) is 0 Å². The average molecular weight is 456 g/mol. The van der Waals surface area contributed by atoms with E-state index in [0.29, 0.717) is 22.9 Å². The number of thioether (sulfide) groups is 1. The monoisotopic (exact) mass is 455 g/mol. The van der Waals surface area contributed by atoms with Crippen LogP contribution in [0.2, 0.25) is 0 Å². The Hall–Kier alpha value is -3.26. The number of imidazole rings is 1. The predicted octanol–water partition coefficient (Wildman–Crippen LogP) is 6.22. The summed E-state index contributed by atoms with van der Waals surface area (Å²) >= 11 is 1.21. The molecule has 0 radical (unpaired) electrons. The molecule has 0 aliphatic rings. The van der Waals surface area contributed by atoms with Crippen molar-refractivity contribution in [3.63, 3.8) is 0 Å². The lowest BCUT2D eigenvalue weighted by Gasteiger charge is -2.14. The van der Waals surface area contributed by atoms with Gasteiger partial charge in [0.15, 0.2) is 5.16 Å². The van der Waals surface area contributed by atoms with E-state index in [4.69, 9.17) is 0 Å². The average Bonchev–Trinajstić information content (AvgIpc) is 3.10. The third kappa shape index (κ3) is 4.96. The fourth-order valence-electron chi connectivity index (χ4n) is 3.27. The number of alkyl halides is 3. The normalized spacial score (nSPS) is 12.6. The third-order valence-electron chi connectivity index (χ3n) is 4.92. The Morgan fingerprint density at radius 2 is 1.69 bits per heavy atom. The maximum absolute atomic E-state index is 13.2. The van der Waals surface area contributed by atoms with Gasteiger partial charge in [0, 0.05) is 5.69 Å². The number of benzene rings is 3. The maximum atomic E-state index is 13.2. The van der Waals surface area contributed by atoms with Crippen molar-refractivity contribution in [3.05, 3.63) is 90.0 Å². The molecule has 0 bridgehead atoms. The van der Waals surface area contributed by atoms with Crippen molar-refractivity contribution < 1.29 is 18.0 Å². The van der Waals surface area contributed by atoms with E-state index in [1.54, 1.807) is 19.1 Å². The van der Waals surface area contributed by atoms with Crippen LogP contribution < -0.4 is 5.32 Å². The summed E-state index contributed by atoms with van der Waals surface area (Å²) in [4.78, 5) is 17.1. The largest absolute Gasteiger partial charge is 0.416 e. The highest BCUT2D eigenvalue weighted by Gasteiger charge is 2.31. The Balaban J connectivity index is 1.66. The smallest absolute Gasteiger partial charge is 0.325 e. The molecule has 8 heteroatoms. The molecule has 3 aromatic carbocycles. The Morgan fingerprint density at radius 3 is 2.34 bits per heavy atom. The molecule has 4 rings (SSSR count). The number of aromatic nitrogens is 2. The van der Waals surface area contributed by atoms with Crippen LogP contribution in [0.4, 0.5) is 18.9 Å². The van der Waals surface area contributed by atoms with Crippen molar-refractivity contribution in [2.75, 3.05) is 5.32 Å². The number of fused-ring (bicyclic) bond motifs is 1. The third-order valence-corrected chi connectivity index (χ3v) is 6.01. The number of carbonyl (C=O) groups excluding carboxylic acids is 1. The number of halogens is 3. The Kier molecular flexibility index (Phi) is 6.23. The number of hydrogen-bond donors (Lipinski definition) is 1. The number of carbonyl (C=O) groups is 1. The van der Waals surface area contributed by atoms with Crippen LogP contribution in [0, 0.1) is 0 Å². The minimum Gasteiger partial charge on any atom is -0.325 e. The van der Waals surface area contributed by atoms with E-state index < -0.39 is 17.0 Å². The van der Waals surface area contributed by atoms with Crippen LogP contribution in [0.15, 0.2) is 84.0 Å². The minimum absolute atomic E-state index is 0.213. The summed E-state index contributed by atoms with van der Waals surface area (Å²) in [6.45, 7) is 2.17. The fourth-order valence-corrected chi connectivity index (χ4v) is 4.19. The van der Waals surface area contributed by atoms with E-state index in [-0.39, 0.29) is 11.4 Å². The van der Waals surface area contributed by atoms with Gasteiger partial charge in [-0.2, -0.15) is 13.2 Å². The van der Waals surface area contributed by atoms with Gasteiger partial charge in [0.1, 0.15) is 0 Å². The SMILES string of the molecule is C[C@H](Sc1nc2cc(C(F)(F)F)ccc2n1Cc1ccccc1)C(=O)Nc1ccccc1. The summed E-state index contributed by atoms with van der Waals surface area (Å²) in [7, 11) is 0. The lowest BCUT2D eigenvalue weighted by molar-refractivity contribution is -0.137. The van der Waals surface area contributed by atoms with Crippen molar-refractivity contribution in [2.45, 2.75) is 30.1 Å². The number of rotatable bonds is 6. The molecule has 4 aromatic rings. The highest BCUT2D eigenvalue weighted by molar-refractivity contribution is 8.00. The predicted molar refractivity (Wildman–Crippen MR) is 121 cm³/mol. The number of para-hydroxylation sites is 1. The van der Waals surface area contributed by atoms with Gasteiger partial charge in [0.25, 0.3) is 0 Å². The van der Waals surface area contributed by atoms with Crippen molar-refractivity contribution >= 4 is 34.4 Å². The van der Waals surface area contributed by atoms with E-state index in [9.17, 15) is 18.0 Å². The first-order chi connectivity index (χ1) is 15.3. The van der Waals surface area contributed by atoms with Gasteiger partial charge in [-0.05, 0) is 42.8 Å². The van der Waals surface area contributed by atoms with Crippen LogP contribution >= 0.6 is 11.8 Å². The number of anilines is 1. The number of hydrogen-bond acceptors (Lipinski definition) is 3. The molecule has 4 nitrogen and oxygen atoms in total. The summed E-state index contributed by atoms with van der Waals surface area (Å²) in [6, 6.07) is 22.2. The first-order valence-electron chi connectivity index (χ1n) is 9.95. The second kappa shape index (κ2) is 9.08. The van der Waals surface area contributed by atoms with Crippen molar-refractivity contribution in [2.24, 2.45) is 0 Å². The van der Waals surface area contributed by atoms with Crippen molar-refractivity contribution in [3.8, 4) is 0 Å². The molecule has 0 unspecified atom stereocenters. The molecule has 0 spiro atoms. The summed E-state index contributed by atoms with van der Waals surface area (Å²) in [5, 5.41) is 2.82. The molecular formula is C24H20F3N3OS. The van der Waals surface area contributed by atoms with Gasteiger partial charge in [0.05, 0.1) is 28.4 Å². The lowest BCUT2D eigenvalue weighted by Crippen LogP contribution is -2.22. The standard InChI is InChI=1S/C24H20F3N3OS/c1-16(22(31)28-19-10-6-3-7-11-19)32-23-29-20-14-18(24(25,26)27)12-13-21(20)30(23)15-17-8-4-2-5-9-17/h2-14,16H,15H2,1H3,(H,28,31)/t16-/m0/s1. The molecule has 32 heavy (non-hydrogen) atoms. The molecule has 1 heterocycles. The van der Waals surface area contributed by atoms with Gasteiger partial charge in [-0.1, -0.05) is 60.3 Å². The highest BCUT2D eigenvalue weighted by atomic mass is 32.2. The molecule has 1 N–H and O–H groups in total. The van der Waals surface area contributed by atoms with E-state index >= 15 is 0 Å². The molecule has 0 aliphatic heterocycles. The zero-order valence-corrected chi connectivity index (χ0v) is 18.0. The van der Waals surface area contributed by atoms with E-state index in [1.165, 1.54) is 17.8 Å². The van der Waals surface area contributed by atoms with Gasteiger partial charge < -0.3 is 9.88 Å². The van der Waals surface area contributed by atoms with Crippen LogP contribution in [0.25, 0.3) is 11.0 Å². The summed E-state index contributed by atoms with van der Waals surface area (Å²) < 4.78 is 41.4. The summed E-state index contributed by atoms with van der Waals surface area (Å²) in [5.41, 5.74) is 1.74. The zero-order valence-electron chi connectivity index (χ0n) is 17.1. The molecule has 1 atom stereocenters. The summed E-state index contributed by atoms with van der Waals surface area (Å²) in [6.07, 6.45) is -4.45. The Morgan fingerprint density at radius 1 is 1.03 bits per heavy atom. The second-order valence-corrected chi connectivity index (χ2v) is 8.59. The number of nitrogens with one attached hydrogen (secondary N) is 1. The van der Waals surface area contributed by atoms with Crippen LogP contribution in [0.1, 0.15) is 18.1 Å². The molecule has 164 valence electrons. The van der Waals surface area contributed by atoms with E-state index in [2.05, 4.69) is 10.3 Å². The molecule has 0 saturated carbocycles. The van der Waals surface area contributed by atoms with Crippen LogP contribution in [0.5, 0.6) is 0 Å². The first kappa shape index (κ1) is 22.0. The highest BCUT2D eigenvalue weighted by Crippen LogP contribution is 2.34. The quantitative estimate of drug-likeness (QED) is 0.351. The molecule has 0 fully saturated rings. The second-order valence-electron chi connectivity index (χ2n) is 7.28. The Labute approximate surface area is 187 Å². The number of amides is 1. The van der Waals surface area contributed by atoms with E-state index in [1.807, 2.05) is 53.1 Å². The van der Waals surface area contributed by atoms with Crippen LogP contribution in [-0.2, 0) is 17.5 Å². The van der Waals surface area contributed by atoms with E-state index in [0.717, 1.165) is 17.7 Å². The van der Waals surface area contributed by atoms with Gasteiger partial charge in [0.2, 0.25) is 5.91 Å². The zero-order chi connectivity index (χ0) is 22.7. The molecule has 0 saturated heterocycles. The van der Waals surface area contributed by atoms with Gasteiger partial charge >= 0.3 is 6.18 Å². The summed E-state index contributed by atoms with van der Waals surface area (Å²) in [5.74, 6) is -0.213. The fraction of sp³-hybridized carbons (Fsp3) is 0.167. The van der Waals surface area contributed by atoms with Crippen molar-refractivity contribution in [1.29, 1.82) is 0 Å². The minimum atomic E-state index is -4.45. The molecule has 1 aromatic heterocycles. The first-order valence-corrected chi connectivity index (χ1v) is 10.8. The van der Waals surface area contributed by atoms with Gasteiger partial charge in [-0.15, -0.1) is 0 Å². The van der Waals surface area contributed by atoms with Gasteiger partial charge in [-0.3, -0.25) is 4.79 Å². The lowest BCUT2D eigenvalue weighted by atomic mass is 10.2. The molecular weight excluding hydrogens is 435 g/mol. The number of nitrogens with zero attached hydrogens (tertiary/aromatic N) is 2. The van der Waals surface area contributed by atoms with Crippen LogP contribution in [-0.4, -0.2) is 20.7 Å². The maximum Gasteiger partial charge on any atom is 0.416 e. The molecule has 1 amide bonds. The molecule has 0 aliphatic carbocycles.